The molecule has 1 aromatic carbocycles. The Kier molecular flexibility index (Phi) is 4.76. The Balaban J connectivity index is 1.71. The highest BCUT2D eigenvalue weighted by Gasteiger charge is 2.31. The summed E-state index contributed by atoms with van der Waals surface area (Å²) in [4.78, 5) is 27.0. The van der Waals surface area contributed by atoms with Crippen LogP contribution in [-0.4, -0.2) is 23.3 Å². The van der Waals surface area contributed by atoms with Crippen molar-refractivity contribution in [2.24, 2.45) is 0 Å². The second-order valence-electron chi connectivity index (χ2n) is 5.78. The Bertz CT molecular complexity index is 680. The SMILES string of the molecule is CC(=O)NCc1ccc(C(=O)N2CCCC2c2cccs2)cc1. The Morgan fingerprint density at radius 2 is 2.04 bits per heavy atom. The molecule has 1 unspecified atom stereocenters. The van der Waals surface area contributed by atoms with Gasteiger partial charge in [-0.2, -0.15) is 0 Å². The molecule has 0 spiro atoms. The topological polar surface area (TPSA) is 49.4 Å². The molecule has 1 N–H and O–H groups in total. The monoisotopic (exact) mass is 328 g/mol. The first-order valence-corrected chi connectivity index (χ1v) is 8.71. The molecule has 3 rings (SSSR count). The van der Waals surface area contributed by atoms with E-state index in [9.17, 15) is 9.59 Å². The van der Waals surface area contributed by atoms with Crippen LogP contribution in [0.25, 0.3) is 0 Å². The van der Waals surface area contributed by atoms with Crippen LogP contribution in [-0.2, 0) is 11.3 Å². The van der Waals surface area contributed by atoms with Gasteiger partial charge in [0.15, 0.2) is 0 Å². The molecule has 2 aromatic rings. The maximum atomic E-state index is 12.8. The van der Waals surface area contributed by atoms with Crippen molar-refractivity contribution in [2.45, 2.75) is 32.4 Å². The molecule has 0 aliphatic carbocycles. The van der Waals surface area contributed by atoms with Crippen LogP contribution in [0.1, 0.15) is 46.6 Å². The normalized spacial score (nSPS) is 17.3. The van der Waals surface area contributed by atoms with Gasteiger partial charge in [0, 0.05) is 30.5 Å². The number of rotatable bonds is 4. The maximum Gasteiger partial charge on any atom is 0.254 e. The van der Waals surface area contributed by atoms with Crippen LogP contribution in [0.4, 0.5) is 0 Å². The zero-order valence-corrected chi connectivity index (χ0v) is 13.9. The van der Waals surface area contributed by atoms with Crippen LogP contribution in [0, 0.1) is 0 Å². The van der Waals surface area contributed by atoms with Gasteiger partial charge in [0.1, 0.15) is 0 Å². The van der Waals surface area contributed by atoms with Crippen molar-refractivity contribution in [3.63, 3.8) is 0 Å². The van der Waals surface area contributed by atoms with E-state index in [2.05, 4.69) is 16.8 Å². The first-order valence-electron chi connectivity index (χ1n) is 7.83. The van der Waals surface area contributed by atoms with Gasteiger partial charge in [-0.05, 0) is 42.0 Å². The lowest BCUT2D eigenvalue weighted by Gasteiger charge is -2.24. The molecule has 5 heteroatoms. The molecule has 120 valence electrons. The van der Waals surface area contributed by atoms with Crippen molar-refractivity contribution in [3.8, 4) is 0 Å². The molecular weight excluding hydrogens is 308 g/mol. The molecule has 23 heavy (non-hydrogen) atoms. The second kappa shape index (κ2) is 6.96. The first-order chi connectivity index (χ1) is 11.1. The number of carbonyl (C=O) groups is 2. The van der Waals surface area contributed by atoms with E-state index in [1.165, 1.54) is 11.8 Å². The predicted molar refractivity (Wildman–Crippen MR) is 91.3 cm³/mol. The van der Waals surface area contributed by atoms with Crippen molar-refractivity contribution in [2.75, 3.05) is 6.54 Å². The van der Waals surface area contributed by atoms with Crippen molar-refractivity contribution in [3.05, 3.63) is 57.8 Å². The molecular formula is C18H20N2O2S. The van der Waals surface area contributed by atoms with Gasteiger partial charge >= 0.3 is 0 Å². The largest absolute Gasteiger partial charge is 0.352 e. The highest BCUT2D eigenvalue weighted by molar-refractivity contribution is 7.10. The van der Waals surface area contributed by atoms with Crippen LogP contribution >= 0.6 is 11.3 Å². The van der Waals surface area contributed by atoms with E-state index >= 15 is 0 Å². The van der Waals surface area contributed by atoms with Crippen molar-refractivity contribution in [1.82, 2.24) is 10.2 Å². The number of carbonyl (C=O) groups excluding carboxylic acids is 2. The third-order valence-electron chi connectivity index (χ3n) is 4.13. The smallest absolute Gasteiger partial charge is 0.254 e. The molecule has 0 saturated carbocycles. The summed E-state index contributed by atoms with van der Waals surface area (Å²) in [7, 11) is 0. The van der Waals surface area contributed by atoms with E-state index in [4.69, 9.17) is 0 Å². The predicted octanol–water partition coefficient (Wildman–Crippen LogP) is 3.36. The third-order valence-corrected chi connectivity index (χ3v) is 5.10. The summed E-state index contributed by atoms with van der Waals surface area (Å²) in [6.07, 6.45) is 2.09. The number of thiophene rings is 1. The summed E-state index contributed by atoms with van der Waals surface area (Å²) in [5.41, 5.74) is 1.70. The first kappa shape index (κ1) is 15.7. The molecule has 0 bridgehead atoms. The van der Waals surface area contributed by atoms with Gasteiger partial charge in [-0.25, -0.2) is 0 Å². The number of likely N-dealkylation sites (tertiary alicyclic amines) is 1. The molecule has 0 radical (unpaired) electrons. The molecule has 1 aliphatic rings. The Labute approximate surface area is 140 Å². The van der Waals surface area contributed by atoms with Crippen molar-refractivity contribution < 1.29 is 9.59 Å². The van der Waals surface area contributed by atoms with Gasteiger partial charge in [-0.3, -0.25) is 9.59 Å². The van der Waals surface area contributed by atoms with E-state index in [1.54, 1.807) is 11.3 Å². The quantitative estimate of drug-likeness (QED) is 0.935. The summed E-state index contributed by atoms with van der Waals surface area (Å²) in [6.45, 7) is 2.80. The average molecular weight is 328 g/mol. The van der Waals surface area contributed by atoms with Crippen LogP contribution in [0.15, 0.2) is 41.8 Å². The zero-order valence-electron chi connectivity index (χ0n) is 13.1. The zero-order chi connectivity index (χ0) is 16.2. The number of amides is 2. The molecule has 1 fully saturated rings. The summed E-state index contributed by atoms with van der Waals surface area (Å²) in [5, 5.41) is 4.82. The number of hydrogen-bond donors (Lipinski definition) is 1. The number of hydrogen-bond acceptors (Lipinski definition) is 3. The number of nitrogens with one attached hydrogen (secondary N) is 1. The Hall–Kier alpha value is -2.14. The van der Waals surface area contributed by atoms with Crippen molar-refractivity contribution in [1.29, 1.82) is 0 Å². The molecule has 2 heterocycles. The van der Waals surface area contributed by atoms with Gasteiger partial charge in [0.25, 0.3) is 5.91 Å². The van der Waals surface area contributed by atoms with E-state index in [0.717, 1.165) is 24.9 Å². The Morgan fingerprint density at radius 1 is 1.26 bits per heavy atom. The highest BCUT2D eigenvalue weighted by atomic mass is 32.1. The van der Waals surface area contributed by atoms with Crippen LogP contribution < -0.4 is 5.32 Å². The molecule has 2 amide bonds. The minimum Gasteiger partial charge on any atom is -0.352 e. The molecule has 1 saturated heterocycles. The molecule has 1 aliphatic heterocycles. The minimum atomic E-state index is -0.0546. The summed E-state index contributed by atoms with van der Waals surface area (Å²) in [6, 6.07) is 11.9. The van der Waals surface area contributed by atoms with Crippen LogP contribution in [0.5, 0.6) is 0 Å². The van der Waals surface area contributed by atoms with E-state index in [0.29, 0.717) is 12.1 Å². The van der Waals surface area contributed by atoms with Crippen molar-refractivity contribution >= 4 is 23.2 Å². The second-order valence-corrected chi connectivity index (χ2v) is 6.76. The standard InChI is InChI=1S/C18H20N2O2S/c1-13(21)19-12-14-6-8-15(9-7-14)18(22)20-10-2-4-16(20)17-5-3-11-23-17/h3,5-9,11,16H,2,4,10,12H2,1H3,(H,19,21). The lowest BCUT2D eigenvalue weighted by molar-refractivity contribution is -0.119. The van der Waals surface area contributed by atoms with Crippen LogP contribution in [0.2, 0.25) is 0 Å². The van der Waals surface area contributed by atoms with E-state index < -0.39 is 0 Å². The molecule has 1 aromatic heterocycles. The molecule has 1 atom stereocenters. The van der Waals surface area contributed by atoms with Gasteiger partial charge < -0.3 is 10.2 Å². The summed E-state index contributed by atoms with van der Waals surface area (Å²) in [5.74, 6) is 0.0352. The fraction of sp³-hybridized carbons (Fsp3) is 0.333. The van der Waals surface area contributed by atoms with E-state index in [-0.39, 0.29) is 17.9 Å². The molecule has 4 nitrogen and oxygen atoms in total. The average Bonchev–Trinajstić information content (AvgIpc) is 3.23. The van der Waals surface area contributed by atoms with Gasteiger partial charge in [0.2, 0.25) is 5.91 Å². The van der Waals surface area contributed by atoms with Gasteiger partial charge in [0.05, 0.1) is 6.04 Å². The Morgan fingerprint density at radius 3 is 2.70 bits per heavy atom. The minimum absolute atomic E-state index is 0.0546. The maximum absolute atomic E-state index is 12.8. The number of benzene rings is 1. The summed E-state index contributed by atoms with van der Waals surface area (Å²) < 4.78 is 0. The summed E-state index contributed by atoms with van der Waals surface area (Å²) >= 11 is 1.71. The van der Waals surface area contributed by atoms with Gasteiger partial charge in [-0.15, -0.1) is 11.3 Å². The van der Waals surface area contributed by atoms with E-state index in [1.807, 2.05) is 35.2 Å². The van der Waals surface area contributed by atoms with Gasteiger partial charge in [-0.1, -0.05) is 18.2 Å². The lowest BCUT2D eigenvalue weighted by atomic mass is 10.1. The fourth-order valence-corrected chi connectivity index (χ4v) is 3.82. The third kappa shape index (κ3) is 3.62. The number of nitrogens with zero attached hydrogens (tertiary/aromatic N) is 1. The van der Waals surface area contributed by atoms with Crippen LogP contribution in [0.3, 0.4) is 0 Å². The highest BCUT2D eigenvalue weighted by Crippen LogP contribution is 2.35. The fourth-order valence-electron chi connectivity index (χ4n) is 2.94. The lowest BCUT2D eigenvalue weighted by Crippen LogP contribution is -2.30.